The Kier molecular flexibility index (Phi) is 7.21. The first-order valence-electron chi connectivity index (χ1n) is 16.8. The van der Waals surface area contributed by atoms with Gasteiger partial charge in [0, 0.05) is 53.9 Å². The van der Waals surface area contributed by atoms with E-state index in [4.69, 9.17) is 0 Å². The van der Waals surface area contributed by atoms with Crippen molar-refractivity contribution in [3.8, 4) is 6.07 Å². The molecule has 1 heterocycles. The Balaban J connectivity index is 1.42. The number of likely N-dealkylation sites (N-methyl/N-ethyl adjacent to an activating group) is 1. The van der Waals surface area contributed by atoms with Crippen molar-refractivity contribution in [2.24, 2.45) is 38.9 Å². The lowest BCUT2D eigenvalue weighted by molar-refractivity contribution is -0.239. The molecule has 5 aliphatic carbocycles. The molecule has 0 aromatic carbocycles. The van der Waals surface area contributed by atoms with E-state index in [-0.39, 0.29) is 28.5 Å². The fraction of sp³-hybridized carbons (Fsp3) is 0.800. The normalized spacial score (nSPS) is 46.9. The Hall–Kier alpha value is -1.90. The quantitative estimate of drug-likeness (QED) is 0.474. The molecule has 2 N–H and O–H groups in total. The summed E-state index contributed by atoms with van der Waals surface area (Å²) in [5.41, 5.74) is -4.58. The molecule has 6 rings (SSSR count). The Bertz CT molecular complexity index is 1550. The van der Waals surface area contributed by atoms with Crippen LogP contribution in [-0.2, 0) is 19.8 Å². The van der Waals surface area contributed by atoms with Gasteiger partial charge in [-0.2, -0.15) is 22.7 Å². The van der Waals surface area contributed by atoms with E-state index in [1.54, 1.807) is 6.08 Å². The minimum absolute atomic E-state index is 0.0765. The van der Waals surface area contributed by atoms with E-state index in [0.717, 1.165) is 18.4 Å². The minimum atomic E-state index is -3.76. The second-order valence-corrected chi connectivity index (χ2v) is 18.9. The van der Waals surface area contributed by atoms with Crippen LogP contribution in [0.3, 0.4) is 0 Å². The molecule has 0 unspecified atom stereocenters. The summed E-state index contributed by atoms with van der Waals surface area (Å²) < 4.78 is 31.8. The number of carbonyl (C=O) groups is 2. The number of carbonyl (C=O) groups excluding carboxylic acids is 2. The second-order valence-electron chi connectivity index (χ2n) is 17.2. The van der Waals surface area contributed by atoms with Crippen molar-refractivity contribution in [1.29, 1.82) is 5.26 Å². The molecule has 1 aliphatic heterocycles. The van der Waals surface area contributed by atoms with E-state index < -0.39 is 48.9 Å². The monoisotopic (exact) mass is 640 g/mol. The third kappa shape index (κ3) is 4.26. The van der Waals surface area contributed by atoms with Crippen LogP contribution in [0.4, 0.5) is 0 Å². The van der Waals surface area contributed by atoms with Crippen molar-refractivity contribution in [3.05, 3.63) is 23.3 Å². The molecular weight excluding hydrogens is 588 g/mol. The van der Waals surface area contributed by atoms with E-state index in [9.17, 15) is 28.4 Å². The van der Waals surface area contributed by atoms with Crippen LogP contribution >= 0.6 is 0 Å². The Labute approximate surface area is 269 Å². The van der Waals surface area contributed by atoms with Gasteiger partial charge in [0.15, 0.2) is 11.6 Å². The molecule has 0 radical (unpaired) electrons. The van der Waals surface area contributed by atoms with Gasteiger partial charge in [0.1, 0.15) is 11.7 Å². The lowest BCUT2D eigenvalue weighted by Gasteiger charge is -2.71. The highest BCUT2D eigenvalue weighted by molar-refractivity contribution is 7.87. The highest BCUT2D eigenvalue weighted by atomic mass is 32.2. The molecule has 6 aliphatic rings. The van der Waals surface area contributed by atoms with Crippen molar-refractivity contribution in [2.45, 2.75) is 105 Å². The lowest BCUT2D eigenvalue weighted by Crippen LogP contribution is -2.74. The molecule has 10 heteroatoms. The SMILES string of the molecule is CN1CCN(S(=O)(=O)N[C@@]2(C)CC[C@@]3(C)CC[C@@]4(C)[C@]5(C)CC[C@H]6C(C)(C)C(=O)C(C#N)=C[C@]6(C)C5=CC(=O)[C@]4(O)[C@@H]3C2)CC1. The first-order chi connectivity index (χ1) is 20.6. The van der Waals surface area contributed by atoms with Gasteiger partial charge in [0.25, 0.3) is 10.2 Å². The van der Waals surface area contributed by atoms with Gasteiger partial charge < -0.3 is 10.0 Å². The number of fused-ring (bicyclic) bond motifs is 7. The summed E-state index contributed by atoms with van der Waals surface area (Å²) in [5.74, 6) is -0.981. The van der Waals surface area contributed by atoms with Gasteiger partial charge in [-0.1, -0.05) is 47.6 Å². The predicted molar refractivity (Wildman–Crippen MR) is 172 cm³/mol. The summed E-state index contributed by atoms with van der Waals surface area (Å²) in [6.45, 7) is 16.5. The first kappa shape index (κ1) is 33.0. The zero-order chi connectivity index (χ0) is 33.2. The second kappa shape index (κ2) is 9.82. The van der Waals surface area contributed by atoms with Crippen LogP contribution in [0, 0.1) is 50.2 Å². The molecule has 3 saturated carbocycles. The molecule has 0 aromatic rings. The van der Waals surface area contributed by atoms with Crippen LogP contribution in [0.1, 0.15) is 93.4 Å². The number of nitrogens with zero attached hydrogens (tertiary/aromatic N) is 3. The maximum Gasteiger partial charge on any atom is 0.280 e. The highest BCUT2D eigenvalue weighted by Crippen LogP contribution is 2.75. The van der Waals surface area contributed by atoms with Crippen molar-refractivity contribution in [2.75, 3.05) is 33.2 Å². The van der Waals surface area contributed by atoms with E-state index >= 15 is 0 Å². The molecule has 0 amide bonds. The van der Waals surface area contributed by atoms with Gasteiger partial charge in [-0.15, -0.1) is 0 Å². The number of Topliss-reactive ketones (excluding diaryl/α,β-unsaturated/α-hetero) is 1. The maximum atomic E-state index is 14.7. The van der Waals surface area contributed by atoms with Crippen LogP contribution in [0.15, 0.2) is 23.3 Å². The molecule has 0 spiro atoms. The molecule has 0 bridgehead atoms. The molecule has 8 atom stereocenters. The number of ketones is 2. The predicted octanol–water partition coefficient (Wildman–Crippen LogP) is 4.16. The van der Waals surface area contributed by atoms with Gasteiger partial charge in [-0.3, -0.25) is 9.59 Å². The Morgan fingerprint density at radius 1 is 0.933 bits per heavy atom. The number of hydrogen-bond donors (Lipinski definition) is 2. The maximum absolute atomic E-state index is 14.7. The zero-order valence-corrected chi connectivity index (χ0v) is 29.2. The average Bonchev–Trinajstić information content (AvgIpc) is 2.95. The fourth-order valence-electron chi connectivity index (χ4n) is 11.3. The largest absolute Gasteiger partial charge is 0.381 e. The molecule has 9 nitrogen and oxygen atoms in total. The summed E-state index contributed by atoms with van der Waals surface area (Å²) in [4.78, 5) is 30.1. The number of hydrogen-bond acceptors (Lipinski definition) is 7. The van der Waals surface area contributed by atoms with Crippen molar-refractivity contribution >= 4 is 21.8 Å². The summed E-state index contributed by atoms with van der Waals surface area (Å²) in [5, 5.41) is 23.1. The number of piperazine rings is 1. The lowest BCUT2D eigenvalue weighted by atomic mass is 9.33. The number of nitriles is 1. The molecule has 0 aromatic heterocycles. The highest BCUT2D eigenvalue weighted by Gasteiger charge is 2.75. The summed E-state index contributed by atoms with van der Waals surface area (Å²) in [7, 11) is -1.77. The third-order valence-corrected chi connectivity index (χ3v) is 16.2. The molecule has 4 fully saturated rings. The zero-order valence-electron chi connectivity index (χ0n) is 28.4. The molecular formula is C35H52N4O5S. The van der Waals surface area contributed by atoms with Gasteiger partial charge >= 0.3 is 0 Å². The van der Waals surface area contributed by atoms with Gasteiger partial charge in [0.05, 0.1) is 5.57 Å². The van der Waals surface area contributed by atoms with Crippen molar-refractivity contribution in [3.63, 3.8) is 0 Å². The molecule has 45 heavy (non-hydrogen) atoms. The minimum Gasteiger partial charge on any atom is -0.381 e. The van der Waals surface area contributed by atoms with E-state index in [0.29, 0.717) is 58.3 Å². The summed E-state index contributed by atoms with van der Waals surface area (Å²) in [6.07, 6.45) is 8.16. The van der Waals surface area contributed by atoms with Gasteiger partial charge in [-0.25, -0.2) is 0 Å². The number of rotatable bonds is 3. The van der Waals surface area contributed by atoms with Crippen LogP contribution in [0.5, 0.6) is 0 Å². The number of nitrogens with one attached hydrogen (secondary N) is 1. The van der Waals surface area contributed by atoms with Crippen LogP contribution in [0.25, 0.3) is 0 Å². The van der Waals surface area contributed by atoms with Crippen LogP contribution in [0.2, 0.25) is 0 Å². The standard InChI is InChI=1S/C35H52N4O5S/c1-29(2)24-9-10-33(6)25(32(24,5)20-23(22-36)28(29)41)19-27(40)35(42)26-21-31(4,13-11-30(26,3)12-14-34(33,35)7)37-45(43,44)39-17-15-38(8)16-18-39/h19-20,24,26,37,42H,9-18,21H2,1-8H3/t24-,26+,30-,31-,32-,33+,34-,35+/m0/s1. The van der Waals surface area contributed by atoms with E-state index in [1.807, 2.05) is 33.9 Å². The first-order valence-corrected chi connectivity index (χ1v) is 18.2. The van der Waals surface area contributed by atoms with Crippen molar-refractivity contribution < 1.29 is 23.1 Å². The number of aliphatic hydroxyl groups is 1. The average molecular weight is 641 g/mol. The van der Waals surface area contributed by atoms with Gasteiger partial charge in [0.2, 0.25) is 0 Å². The van der Waals surface area contributed by atoms with Gasteiger partial charge in [-0.05, 0) is 87.3 Å². The van der Waals surface area contributed by atoms with Crippen LogP contribution < -0.4 is 4.72 Å². The summed E-state index contributed by atoms with van der Waals surface area (Å²) in [6, 6.07) is 2.14. The third-order valence-electron chi connectivity index (χ3n) is 14.4. The smallest absolute Gasteiger partial charge is 0.280 e. The topological polar surface area (TPSA) is 131 Å². The van der Waals surface area contributed by atoms with E-state index in [1.165, 1.54) is 4.31 Å². The summed E-state index contributed by atoms with van der Waals surface area (Å²) >= 11 is 0. The number of allylic oxidation sites excluding steroid dienone is 3. The molecule has 248 valence electrons. The van der Waals surface area contributed by atoms with Crippen molar-refractivity contribution in [1.82, 2.24) is 13.9 Å². The Morgan fingerprint density at radius 3 is 2.18 bits per heavy atom. The van der Waals surface area contributed by atoms with Crippen LogP contribution in [-0.4, -0.2) is 78.7 Å². The van der Waals surface area contributed by atoms with E-state index in [2.05, 4.69) is 43.4 Å². The fourth-order valence-corrected chi connectivity index (χ4v) is 12.8. The molecule has 1 saturated heterocycles. The Morgan fingerprint density at radius 2 is 1.56 bits per heavy atom.